The molecule has 4 amide bonds. The highest BCUT2D eigenvalue weighted by atomic mass is 35.5. The quantitative estimate of drug-likeness (QED) is 0.185. The van der Waals surface area contributed by atoms with E-state index in [9.17, 15) is 32.3 Å². The largest absolute Gasteiger partial charge is 0.458 e. The fourth-order valence-electron chi connectivity index (χ4n) is 2.78. The first-order chi connectivity index (χ1) is 18.3. The minimum atomic E-state index is -4.76. The number of carbonyl (C=O) groups is 4. The molecule has 0 aliphatic heterocycles. The fourth-order valence-corrected chi connectivity index (χ4v) is 3.30. The van der Waals surface area contributed by atoms with Gasteiger partial charge in [-0.15, -0.1) is 0 Å². The molecule has 0 aliphatic carbocycles. The molecule has 0 saturated heterocycles. The number of benzene rings is 2. The third-order valence-corrected chi connectivity index (χ3v) is 5.65. The summed E-state index contributed by atoms with van der Waals surface area (Å²) < 4.78 is 44.1. The highest BCUT2D eigenvalue weighted by Gasteiger charge is 2.33. The number of hydrogen-bond acceptors (Lipinski definition) is 6. The molecular weight excluding hydrogens is 590 g/mol. The predicted molar refractivity (Wildman–Crippen MR) is 136 cm³/mol. The second-order valence-electron chi connectivity index (χ2n) is 7.42. The molecule has 0 atom stereocenters. The van der Waals surface area contributed by atoms with Gasteiger partial charge in [0.25, 0.3) is 0 Å². The van der Waals surface area contributed by atoms with Crippen LogP contribution in [0.5, 0.6) is 0 Å². The van der Waals surface area contributed by atoms with Gasteiger partial charge in [-0.1, -0.05) is 34.8 Å². The molecule has 1 heterocycles. The molecule has 3 rings (SSSR count). The topological polar surface area (TPSA) is 142 Å². The molecule has 204 valence electrons. The summed E-state index contributed by atoms with van der Waals surface area (Å²) in [6.07, 6.45) is -3.73. The summed E-state index contributed by atoms with van der Waals surface area (Å²) in [5.74, 6) is -4.16. The Kier molecular flexibility index (Phi) is 9.56. The van der Waals surface area contributed by atoms with Crippen LogP contribution in [0.4, 0.5) is 24.5 Å². The molecule has 0 unspecified atom stereocenters. The first-order valence-electron chi connectivity index (χ1n) is 10.5. The van der Waals surface area contributed by atoms with E-state index < -0.39 is 40.4 Å². The van der Waals surface area contributed by atoms with Gasteiger partial charge in [-0.3, -0.25) is 19.2 Å². The van der Waals surface area contributed by atoms with Gasteiger partial charge in [0.15, 0.2) is 0 Å². The average Bonchev–Trinajstić information content (AvgIpc) is 3.32. The van der Waals surface area contributed by atoms with Gasteiger partial charge < -0.3 is 20.4 Å². The lowest BCUT2D eigenvalue weighted by Crippen LogP contribution is -2.34. The van der Waals surface area contributed by atoms with Crippen molar-refractivity contribution in [1.29, 1.82) is 0 Å². The van der Waals surface area contributed by atoms with Crippen LogP contribution in [0.15, 0.2) is 58.0 Å². The molecule has 0 spiro atoms. The fraction of sp³-hybridized carbons (Fsp3) is 0.0870. The Bertz CT molecular complexity index is 1460. The number of amides is 4. The van der Waals surface area contributed by atoms with Crippen LogP contribution in [0.2, 0.25) is 15.1 Å². The van der Waals surface area contributed by atoms with Crippen molar-refractivity contribution < 1.29 is 36.8 Å². The van der Waals surface area contributed by atoms with Gasteiger partial charge in [0, 0.05) is 11.4 Å². The van der Waals surface area contributed by atoms with Crippen LogP contribution in [0.25, 0.3) is 0 Å². The lowest BCUT2D eigenvalue weighted by atomic mass is 10.2. The maximum atomic E-state index is 12.9. The first kappa shape index (κ1) is 29.5. The third kappa shape index (κ3) is 8.46. The minimum Gasteiger partial charge on any atom is -0.458 e. The zero-order chi connectivity index (χ0) is 28.7. The van der Waals surface area contributed by atoms with Crippen LogP contribution >= 0.6 is 34.8 Å². The molecule has 0 aliphatic rings. The van der Waals surface area contributed by atoms with Crippen LogP contribution in [-0.4, -0.2) is 29.8 Å². The monoisotopic (exact) mass is 603 g/mol. The maximum Gasteiger partial charge on any atom is 0.417 e. The van der Waals surface area contributed by atoms with E-state index in [1.54, 1.807) is 0 Å². The lowest BCUT2D eigenvalue weighted by molar-refractivity contribution is -0.137. The van der Waals surface area contributed by atoms with Crippen molar-refractivity contribution in [3.63, 3.8) is 0 Å². The number of anilines is 2. The van der Waals surface area contributed by atoms with Crippen molar-refractivity contribution in [2.45, 2.75) is 12.7 Å². The number of alkyl halides is 3. The SMILES string of the molecule is O=C(NCc1ccc(/C=N/NC(=O)C(=O)Nc2ccc(Cl)c(C(F)(F)F)c2)o1)C(=O)Nc1ccc(Cl)c(Cl)c1. The summed E-state index contributed by atoms with van der Waals surface area (Å²) >= 11 is 17.2. The Labute approximate surface area is 232 Å². The summed E-state index contributed by atoms with van der Waals surface area (Å²) in [6.45, 7) is -0.169. The van der Waals surface area contributed by atoms with Crippen molar-refractivity contribution in [3.05, 3.63) is 80.7 Å². The van der Waals surface area contributed by atoms with E-state index in [4.69, 9.17) is 39.2 Å². The van der Waals surface area contributed by atoms with E-state index in [1.165, 1.54) is 30.3 Å². The molecule has 0 saturated carbocycles. The van der Waals surface area contributed by atoms with E-state index in [2.05, 4.69) is 15.7 Å². The van der Waals surface area contributed by atoms with E-state index >= 15 is 0 Å². The standard InChI is InChI=1S/C23H15Cl3F3N5O5/c24-16-5-1-11(7-15(16)23(27,28)29)32-21(37)22(38)34-31-10-14-4-3-13(39-14)9-30-19(35)20(36)33-12-2-6-17(25)18(26)8-12/h1-8,10H,9H2,(H,30,35)(H,32,37)(H,33,36)(H,34,38)/b31-10+. The Morgan fingerprint density at radius 3 is 2.05 bits per heavy atom. The number of furan rings is 1. The molecule has 0 fully saturated rings. The van der Waals surface area contributed by atoms with E-state index in [0.29, 0.717) is 6.07 Å². The van der Waals surface area contributed by atoms with Crippen LogP contribution in [0, 0.1) is 0 Å². The Hall–Kier alpha value is -4.07. The number of nitrogens with zero attached hydrogens (tertiary/aromatic N) is 1. The number of rotatable bonds is 6. The number of hydrazone groups is 1. The normalized spacial score (nSPS) is 11.2. The summed E-state index contributed by atoms with van der Waals surface area (Å²) in [7, 11) is 0. The zero-order valence-electron chi connectivity index (χ0n) is 19.2. The maximum absolute atomic E-state index is 12.9. The highest BCUT2D eigenvalue weighted by molar-refractivity contribution is 6.43. The van der Waals surface area contributed by atoms with E-state index in [1.807, 2.05) is 10.7 Å². The Morgan fingerprint density at radius 1 is 0.795 bits per heavy atom. The number of hydrogen-bond donors (Lipinski definition) is 4. The van der Waals surface area contributed by atoms with Gasteiger partial charge in [0.1, 0.15) is 11.5 Å². The molecule has 16 heteroatoms. The van der Waals surface area contributed by atoms with Gasteiger partial charge >= 0.3 is 29.8 Å². The summed E-state index contributed by atoms with van der Waals surface area (Å²) in [6, 6.07) is 9.74. The average molecular weight is 605 g/mol. The summed E-state index contributed by atoms with van der Waals surface area (Å²) in [5, 5.41) is 10.1. The number of nitrogens with one attached hydrogen (secondary N) is 4. The highest BCUT2D eigenvalue weighted by Crippen LogP contribution is 2.36. The van der Waals surface area contributed by atoms with Gasteiger partial charge in [0.05, 0.1) is 33.4 Å². The van der Waals surface area contributed by atoms with E-state index in [0.717, 1.165) is 18.3 Å². The molecular formula is C23H15Cl3F3N5O5. The minimum absolute atomic E-state index is 0.104. The molecule has 0 bridgehead atoms. The molecule has 2 aromatic carbocycles. The smallest absolute Gasteiger partial charge is 0.417 e. The second kappa shape index (κ2) is 12.7. The Balaban J connectivity index is 1.47. The van der Waals surface area contributed by atoms with Crippen molar-refractivity contribution in [3.8, 4) is 0 Å². The molecule has 39 heavy (non-hydrogen) atoms. The van der Waals surface area contributed by atoms with Gasteiger partial charge in [-0.05, 0) is 48.5 Å². The molecule has 0 radical (unpaired) electrons. The number of carbonyl (C=O) groups excluding carboxylic acids is 4. The Morgan fingerprint density at radius 2 is 1.41 bits per heavy atom. The van der Waals surface area contributed by atoms with Crippen LogP contribution in [-0.2, 0) is 31.9 Å². The molecule has 10 nitrogen and oxygen atoms in total. The van der Waals surface area contributed by atoms with Crippen molar-refractivity contribution in [2.75, 3.05) is 10.6 Å². The van der Waals surface area contributed by atoms with Crippen LogP contribution < -0.4 is 21.4 Å². The van der Waals surface area contributed by atoms with Gasteiger partial charge in [-0.25, -0.2) is 5.43 Å². The summed E-state index contributed by atoms with van der Waals surface area (Å²) in [5.41, 5.74) is 0.653. The van der Waals surface area contributed by atoms with Gasteiger partial charge in [0.2, 0.25) is 0 Å². The third-order valence-electron chi connectivity index (χ3n) is 4.58. The summed E-state index contributed by atoms with van der Waals surface area (Å²) in [4.78, 5) is 47.8. The molecule has 4 N–H and O–H groups in total. The van der Waals surface area contributed by atoms with Crippen LogP contribution in [0.3, 0.4) is 0 Å². The predicted octanol–water partition coefficient (Wildman–Crippen LogP) is 4.60. The second-order valence-corrected chi connectivity index (χ2v) is 8.64. The van der Waals surface area contributed by atoms with Crippen LogP contribution in [0.1, 0.15) is 17.1 Å². The zero-order valence-corrected chi connectivity index (χ0v) is 21.4. The van der Waals surface area contributed by atoms with Crippen molar-refractivity contribution in [2.24, 2.45) is 5.10 Å². The van der Waals surface area contributed by atoms with Crippen molar-refractivity contribution in [1.82, 2.24) is 10.7 Å². The van der Waals surface area contributed by atoms with E-state index in [-0.39, 0.29) is 39.5 Å². The first-order valence-corrected chi connectivity index (χ1v) is 11.6. The number of halogens is 6. The molecule has 1 aromatic heterocycles. The molecule has 3 aromatic rings. The van der Waals surface area contributed by atoms with Gasteiger partial charge in [-0.2, -0.15) is 18.3 Å². The van der Waals surface area contributed by atoms with Crippen molar-refractivity contribution >= 4 is 76.0 Å². The lowest BCUT2D eigenvalue weighted by Gasteiger charge is -2.11.